The van der Waals surface area contributed by atoms with Gasteiger partial charge in [-0.3, -0.25) is 4.79 Å². The Bertz CT molecular complexity index is 586. The highest BCUT2D eigenvalue weighted by molar-refractivity contribution is 5.95. The molecule has 0 aliphatic carbocycles. The number of aryl methyl sites for hydroxylation is 1. The second-order valence-corrected chi connectivity index (χ2v) is 9.86. The lowest BCUT2D eigenvalue weighted by Crippen LogP contribution is -2.32. The highest BCUT2D eigenvalue weighted by Gasteiger charge is 2.12. The summed E-state index contributed by atoms with van der Waals surface area (Å²) in [7, 11) is 0. The molecule has 0 fully saturated rings. The fourth-order valence-electron chi connectivity index (χ4n) is 4.51. The number of hydrogen-bond donors (Lipinski definition) is 2. The molecule has 0 spiro atoms. The Morgan fingerprint density at radius 1 is 0.727 bits per heavy atom. The summed E-state index contributed by atoms with van der Waals surface area (Å²) < 4.78 is 0. The zero-order valence-electron chi connectivity index (χ0n) is 21.9. The number of aliphatic hydroxyl groups excluding tert-OH is 1. The van der Waals surface area contributed by atoms with Gasteiger partial charge in [-0.05, 0) is 30.9 Å². The van der Waals surface area contributed by atoms with Crippen LogP contribution in [0.2, 0.25) is 0 Å². The van der Waals surface area contributed by atoms with Gasteiger partial charge in [0.1, 0.15) is 0 Å². The Balaban J connectivity index is 2.19. The first-order chi connectivity index (χ1) is 16.2. The van der Waals surface area contributed by atoms with E-state index in [0.717, 1.165) is 36.8 Å². The van der Waals surface area contributed by atoms with Gasteiger partial charge in [-0.1, -0.05) is 135 Å². The summed E-state index contributed by atoms with van der Waals surface area (Å²) >= 11 is 0. The smallest absolute Gasteiger partial charge is 0.251 e. The summed E-state index contributed by atoms with van der Waals surface area (Å²) in [5, 5.41) is 13.2. The molecule has 0 aromatic heterocycles. The summed E-state index contributed by atoms with van der Waals surface area (Å²) in [6.07, 6.45) is 23.2. The van der Waals surface area contributed by atoms with Crippen molar-refractivity contribution in [3.8, 4) is 0 Å². The fourth-order valence-corrected chi connectivity index (χ4v) is 4.51. The topological polar surface area (TPSA) is 49.3 Å². The molecule has 33 heavy (non-hydrogen) atoms. The normalized spacial score (nSPS) is 12.1. The molecule has 1 rings (SSSR count). The standard InChI is InChI=1S/C30H53NO2/c1-3-5-7-9-11-12-13-15-16-18-22-27-23-20-21-25-29(27)30(33)31-26-28(32)24-19-17-14-10-8-6-4-2/h20-21,23,25,28,32H,3-19,22,24,26H2,1-2H3,(H,31,33). The van der Waals surface area contributed by atoms with Crippen LogP contribution in [0.5, 0.6) is 0 Å². The Kier molecular flexibility index (Phi) is 19.1. The van der Waals surface area contributed by atoms with E-state index >= 15 is 0 Å². The minimum absolute atomic E-state index is 0.0451. The van der Waals surface area contributed by atoms with Crippen molar-refractivity contribution in [3.05, 3.63) is 35.4 Å². The molecular weight excluding hydrogens is 406 g/mol. The van der Waals surface area contributed by atoms with Crippen LogP contribution < -0.4 is 5.32 Å². The molecule has 0 saturated carbocycles. The van der Waals surface area contributed by atoms with E-state index in [4.69, 9.17) is 0 Å². The summed E-state index contributed by atoms with van der Waals surface area (Å²) in [4.78, 5) is 12.7. The molecule has 3 heteroatoms. The average molecular weight is 460 g/mol. The number of nitrogens with one attached hydrogen (secondary N) is 1. The second-order valence-electron chi connectivity index (χ2n) is 9.86. The minimum Gasteiger partial charge on any atom is -0.391 e. The van der Waals surface area contributed by atoms with Crippen molar-refractivity contribution in [1.29, 1.82) is 0 Å². The molecule has 3 nitrogen and oxygen atoms in total. The van der Waals surface area contributed by atoms with Gasteiger partial charge in [-0.25, -0.2) is 0 Å². The van der Waals surface area contributed by atoms with Crippen molar-refractivity contribution in [2.24, 2.45) is 0 Å². The third-order valence-corrected chi connectivity index (χ3v) is 6.70. The van der Waals surface area contributed by atoms with E-state index in [1.54, 1.807) is 0 Å². The van der Waals surface area contributed by atoms with Crippen LogP contribution in [-0.2, 0) is 6.42 Å². The van der Waals surface area contributed by atoms with Crippen LogP contribution >= 0.6 is 0 Å². The average Bonchev–Trinajstić information content (AvgIpc) is 2.83. The predicted molar refractivity (Wildman–Crippen MR) is 143 cm³/mol. The van der Waals surface area contributed by atoms with Crippen molar-refractivity contribution in [2.45, 2.75) is 142 Å². The van der Waals surface area contributed by atoms with Crippen LogP contribution in [0.1, 0.15) is 145 Å². The monoisotopic (exact) mass is 459 g/mol. The van der Waals surface area contributed by atoms with Crippen molar-refractivity contribution in [2.75, 3.05) is 6.54 Å². The van der Waals surface area contributed by atoms with Gasteiger partial charge >= 0.3 is 0 Å². The van der Waals surface area contributed by atoms with Gasteiger partial charge in [0.15, 0.2) is 0 Å². The Hall–Kier alpha value is -1.35. The number of carbonyl (C=O) groups excluding carboxylic acids is 1. The SMILES string of the molecule is CCCCCCCCCCCCc1ccccc1C(=O)NCC(O)CCCCCCCCC. The van der Waals surface area contributed by atoms with E-state index in [0.29, 0.717) is 6.54 Å². The van der Waals surface area contributed by atoms with Crippen LogP contribution in [0, 0.1) is 0 Å². The molecule has 0 aliphatic rings. The van der Waals surface area contributed by atoms with Crippen molar-refractivity contribution >= 4 is 5.91 Å². The highest BCUT2D eigenvalue weighted by atomic mass is 16.3. The van der Waals surface area contributed by atoms with E-state index in [2.05, 4.69) is 25.2 Å². The first-order valence-electron chi connectivity index (χ1n) is 14.2. The molecule has 1 aromatic rings. The van der Waals surface area contributed by atoms with Crippen LogP contribution in [0.15, 0.2) is 24.3 Å². The fraction of sp³-hybridized carbons (Fsp3) is 0.767. The highest BCUT2D eigenvalue weighted by Crippen LogP contribution is 2.16. The van der Waals surface area contributed by atoms with Crippen LogP contribution in [0.25, 0.3) is 0 Å². The van der Waals surface area contributed by atoms with Gasteiger partial charge in [0, 0.05) is 12.1 Å². The van der Waals surface area contributed by atoms with E-state index < -0.39 is 6.10 Å². The van der Waals surface area contributed by atoms with E-state index in [1.165, 1.54) is 96.3 Å². The van der Waals surface area contributed by atoms with Crippen molar-refractivity contribution in [3.63, 3.8) is 0 Å². The molecule has 0 aliphatic heterocycles. The molecule has 1 aromatic carbocycles. The zero-order chi connectivity index (χ0) is 24.0. The summed E-state index contributed by atoms with van der Waals surface area (Å²) in [6.45, 7) is 4.85. The second kappa shape index (κ2) is 21.2. The summed E-state index contributed by atoms with van der Waals surface area (Å²) in [5.41, 5.74) is 1.91. The number of hydrogen-bond acceptors (Lipinski definition) is 2. The van der Waals surface area contributed by atoms with Gasteiger partial charge in [-0.2, -0.15) is 0 Å². The first-order valence-corrected chi connectivity index (χ1v) is 14.2. The van der Waals surface area contributed by atoms with E-state index in [1.807, 2.05) is 18.2 Å². The lowest BCUT2D eigenvalue weighted by molar-refractivity contribution is 0.0907. The lowest BCUT2D eigenvalue weighted by atomic mass is 9.99. The molecule has 1 amide bonds. The maximum atomic E-state index is 12.7. The molecular formula is C30H53NO2. The molecule has 0 radical (unpaired) electrons. The molecule has 190 valence electrons. The van der Waals surface area contributed by atoms with Gasteiger partial charge < -0.3 is 10.4 Å². The van der Waals surface area contributed by atoms with Crippen LogP contribution in [0.4, 0.5) is 0 Å². The molecule has 0 saturated heterocycles. The molecule has 0 heterocycles. The zero-order valence-corrected chi connectivity index (χ0v) is 21.9. The molecule has 1 unspecified atom stereocenters. The first kappa shape index (κ1) is 29.7. The van der Waals surface area contributed by atoms with Gasteiger partial charge in [-0.15, -0.1) is 0 Å². The maximum absolute atomic E-state index is 12.7. The number of benzene rings is 1. The Morgan fingerprint density at radius 3 is 1.79 bits per heavy atom. The third kappa shape index (κ3) is 16.0. The summed E-state index contributed by atoms with van der Waals surface area (Å²) in [5.74, 6) is -0.0451. The number of carbonyl (C=O) groups is 1. The number of unbranched alkanes of at least 4 members (excludes halogenated alkanes) is 15. The number of amides is 1. The third-order valence-electron chi connectivity index (χ3n) is 6.70. The minimum atomic E-state index is -0.446. The molecule has 2 N–H and O–H groups in total. The van der Waals surface area contributed by atoms with Gasteiger partial charge in [0.05, 0.1) is 6.10 Å². The maximum Gasteiger partial charge on any atom is 0.251 e. The predicted octanol–water partition coefficient (Wildman–Crippen LogP) is 8.38. The quantitative estimate of drug-likeness (QED) is 0.171. The van der Waals surface area contributed by atoms with E-state index in [9.17, 15) is 9.90 Å². The van der Waals surface area contributed by atoms with Crippen molar-refractivity contribution in [1.82, 2.24) is 5.32 Å². The van der Waals surface area contributed by atoms with Crippen molar-refractivity contribution < 1.29 is 9.90 Å². The Morgan fingerprint density at radius 2 is 1.21 bits per heavy atom. The molecule has 1 atom stereocenters. The van der Waals surface area contributed by atoms with Crippen LogP contribution in [-0.4, -0.2) is 23.7 Å². The molecule has 0 bridgehead atoms. The van der Waals surface area contributed by atoms with Gasteiger partial charge in [0.2, 0.25) is 0 Å². The van der Waals surface area contributed by atoms with Gasteiger partial charge in [0.25, 0.3) is 5.91 Å². The number of aliphatic hydroxyl groups is 1. The van der Waals surface area contributed by atoms with E-state index in [-0.39, 0.29) is 5.91 Å². The van der Waals surface area contributed by atoms with Crippen LogP contribution in [0.3, 0.4) is 0 Å². The number of rotatable bonds is 22. The Labute approximate surface area is 205 Å². The summed E-state index contributed by atoms with van der Waals surface area (Å²) in [6, 6.07) is 7.96. The lowest BCUT2D eigenvalue weighted by Gasteiger charge is -2.14. The largest absolute Gasteiger partial charge is 0.391 e.